The number of piperidine rings is 1. The van der Waals surface area contributed by atoms with E-state index < -0.39 is 0 Å². The van der Waals surface area contributed by atoms with Crippen LogP contribution in [0.1, 0.15) is 29.9 Å². The largest absolute Gasteiger partial charge is 0.458 e. The van der Waals surface area contributed by atoms with E-state index in [9.17, 15) is 4.79 Å². The van der Waals surface area contributed by atoms with Crippen molar-refractivity contribution in [2.75, 3.05) is 13.1 Å². The summed E-state index contributed by atoms with van der Waals surface area (Å²) < 4.78 is 12.0. The number of fused-ring (bicyclic) bond motifs is 2. The summed E-state index contributed by atoms with van der Waals surface area (Å²) in [5.74, 6) is 1.19. The van der Waals surface area contributed by atoms with Gasteiger partial charge in [0.15, 0.2) is 0 Å². The van der Waals surface area contributed by atoms with Gasteiger partial charge in [0.05, 0.1) is 12.5 Å². The quantitative estimate of drug-likeness (QED) is 0.684. The van der Waals surface area contributed by atoms with Gasteiger partial charge in [-0.3, -0.25) is 4.79 Å². The lowest BCUT2D eigenvalue weighted by atomic mass is 9.86. The van der Waals surface area contributed by atoms with Gasteiger partial charge in [0, 0.05) is 30.1 Å². The first-order chi connectivity index (χ1) is 14.3. The van der Waals surface area contributed by atoms with Crippen LogP contribution in [0.4, 0.5) is 0 Å². The molecule has 1 unspecified atom stereocenters. The molecule has 6 nitrogen and oxygen atoms in total. The molecule has 0 spiro atoms. The molecule has 146 valence electrons. The minimum Gasteiger partial charge on any atom is -0.458 e. The zero-order chi connectivity index (χ0) is 19.6. The molecule has 1 saturated heterocycles. The number of hydrogen-bond donors (Lipinski definition) is 0. The SMILES string of the molecule is O=C(C1c2ccccc2Oc2ccccc21)N1CCCC(Oc2ncccn2)C1. The second-order valence-corrected chi connectivity index (χ2v) is 7.31. The minimum atomic E-state index is -0.372. The Bertz CT molecular complexity index is 979. The van der Waals surface area contributed by atoms with E-state index in [-0.39, 0.29) is 17.9 Å². The van der Waals surface area contributed by atoms with E-state index in [2.05, 4.69) is 9.97 Å². The van der Waals surface area contributed by atoms with Crippen LogP contribution in [0.3, 0.4) is 0 Å². The van der Waals surface area contributed by atoms with Crippen molar-refractivity contribution in [1.29, 1.82) is 0 Å². The molecule has 5 rings (SSSR count). The second-order valence-electron chi connectivity index (χ2n) is 7.31. The molecule has 29 heavy (non-hydrogen) atoms. The van der Waals surface area contributed by atoms with Crippen molar-refractivity contribution in [2.45, 2.75) is 24.9 Å². The van der Waals surface area contributed by atoms with E-state index in [0.29, 0.717) is 12.6 Å². The number of carbonyl (C=O) groups excluding carboxylic acids is 1. The first-order valence-corrected chi connectivity index (χ1v) is 9.88. The van der Waals surface area contributed by atoms with Crippen LogP contribution in [-0.2, 0) is 4.79 Å². The summed E-state index contributed by atoms with van der Waals surface area (Å²) in [4.78, 5) is 23.8. The maximum Gasteiger partial charge on any atom is 0.316 e. The maximum atomic E-state index is 13.7. The summed E-state index contributed by atoms with van der Waals surface area (Å²) in [6.07, 6.45) is 4.97. The third kappa shape index (κ3) is 3.42. The summed E-state index contributed by atoms with van der Waals surface area (Å²) in [5.41, 5.74) is 1.82. The third-order valence-corrected chi connectivity index (χ3v) is 5.43. The molecule has 1 aromatic heterocycles. The van der Waals surface area contributed by atoms with Crippen LogP contribution in [0.2, 0.25) is 0 Å². The van der Waals surface area contributed by atoms with Gasteiger partial charge in [-0.05, 0) is 31.0 Å². The molecule has 0 aliphatic carbocycles. The lowest BCUT2D eigenvalue weighted by molar-refractivity contribution is -0.134. The van der Waals surface area contributed by atoms with Crippen LogP contribution in [0.25, 0.3) is 0 Å². The molecule has 2 aliphatic heterocycles. The number of rotatable bonds is 3. The lowest BCUT2D eigenvalue weighted by Crippen LogP contribution is -2.46. The van der Waals surface area contributed by atoms with Crippen LogP contribution >= 0.6 is 0 Å². The number of benzene rings is 2. The van der Waals surface area contributed by atoms with Crippen molar-refractivity contribution >= 4 is 5.91 Å². The molecule has 0 radical (unpaired) electrons. The molecule has 0 N–H and O–H groups in total. The van der Waals surface area contributed by atoms with Crippen molar-refractivity contribution in [2.24, 2.45) is 0 Å². The number of para-hydroxylation sites is 2. The lowest BCUT2D eigenvalue weighted by Gasteiger charge is -2.36. The molecule has 1 fully saturated rings. The third-order valence-electron chi connectivity index (χ3n) is 5.43. The summed E-state index contributed by atoms with van der Waals surface area (Å²) >= 11 is 0. The van der Waals surface area contributed by atoms with Gasteiger partial charge in [-0.15, -0.1) is 0 Å². The average molecular weight is 387 g/mol. The Labute approximate surface area is 169 Å². The Hall–Kier alpha value is -3.41. The van der Waals surface area contributed by atoms with Gasteiger partial charge in [0.1, 0.15) is 17.6 Å². The first-order valence-electron chi connectivity index (χ1n) is 9.88. The molecule has 0 bridgehead atoms. The fourth-order valence-electron chi connectivity index (χ4n) is 4.09. The Morgan fingerprint density at radius 2 is 1.62 bits per heavy atom. The number of hydrogen-bond acceptors (Lipinski definition) is 5. The van der Waals surface area contributed by atoms with Crippen LogP contribution in [0.5, 0.6) is 17.5 Å². The predicted octanol–water partition coefficient (Wildman–Crippen LogP) is 3.78. The highest BCUT2D eigenvalue weighted by Crippen LogP contribution is 2.44. The van der Waals surface area contributed by atoms with Crippen molar-refractivity contribution in [3.05, 3.63) is 78.1 Å². The summed E-state index contributed by atoms with van der Waals surface area (Å²) in [7, 11) is 0. The Morgan fingerprint density at radius 1 is 0.966 bits per heavy atom. The monoisotopic (exact) mass is 387 g/mol. The predicted molar refractivity (Wildman–Crippen MR) is 107 cm³/mol. The molecule has 0 saturated carbocycles. The van der Waals surface area contributed by atoms with E-state index in [1.54, 1.807) is 18.5 Å². The highest BCUT2D eigenvalue weighted by Gasteiger charge is 2.37. The summed E-state index contributed by atoms with van der Waals surface area (Å²) in [6, 6.07) is 17.7. The zero-order valence-electron chi connectivity index (χ0n) is 15.9. The number of carbonyl (C=O) groups is 1. The number of ether oxygens (including phenoxy) is 2. The highest BCUT2D eigenvalue weighted by atomic mass is 16.5. The van der Waals surface area contributed by atoms with E-state index in [0.717, 1.165) is 42.0 Å². The van der Waals surface area contributed by atoms with Crippen LogP contribution < -0.4 is 9.47 Å². The van der Waals surface area contributed by atoms with Gasteiger partial charge in [-0.25, -0.2) is 9.97 Å². The molecule has 3 heterocycles. The maximum absolute atomic E-state index is 13.7. The number of aromatic nitrogens is 2. The minimum absolute atomic E-state index is 0.0791. The summed E-state index contributed by atoms with van der Waals surface area (Å²) in [5, 5.41) is 0. The van der Waals surface area contributed by atoms with Crippen molar-refractivity contribution in [3.63, 3.8) is 0 Å². The standard InChI is InChI=1S/C23H21N3O3/c27-22(26-14-5-7-16(15-26)28-23-24-12-6-13-25-23)21-17-8-1-3-10-19(17)29-20-11-4-2-9-18(20)21/h1-4,6,8-13,16,21H,5,7,14-15H2. The molecule has 6 heteroatoms. The van der Waals surface area contributed by atoms with Crippen LogP contribution in [0.15, 0.2) is 67.0 Å². The molecule has 1 amide bonds. The van der Waals surface area contributed by atoms with Gasteiger partial charge in [0.2, 0.25) is 5.91 Å². The highest BCUT2D eigenvalue weighted by molar-refractivity contribution is 5.89. The van der Waals surface area contributed by atoms with Gasteiger partial charge in [-0.2, -0.15) is 0 Å². The molecule has 2 aromatic carbocycles. The van der Waals surface area contributed by atoms with E-state index in [1.807, 2.05) is 53.4 Å². The van der Waals surface area contributed by atoms with Crippen molar-refractivity contribution in [3.8, 4) is 17.5 Å². The molecule has 2 aliphatic rings. The first kappa shape index (κ1) is 17.7. The zero-order valence-corrected chi connectivity index (χ0v) is 15.9. The summed E-state index contributed by atoms with van der Waals surface area (Å²) in [6.45, 7) is 1.24. The van der Waals surface area contributed by atoms with E-state index in [1.165, 1.54) is 0 Å². The Balaban J connectivity index is 1.41. The van der Waals surface area contributed by atoms with Gasteiger partial charge >= 0.3 is 6.01 Å². The second kappa shape index (κ2) is 7.54. The average Bonchev–Trinajstić information content (AvgIpc) is 2.78. The number of likely N-dealkylation sites (tertiary alicyclic amines) is 1. The fraction of sp³-hybridized carbons (Fsp3) is 0.261. The Kier molecular flexibility index (Phi) is 4.60. The van der Waals surface area contributed by atoms with Crippen LogP contribution in [-0.4, -0.2) is 40.0 Å². The number of nitrogens with zero attached hydrogens (tertiary/aromatic N) is 3. The van der Waals surface area contributed by atoms with Crippen molar-refractivity contribution < 1.29 is 14.3 Å². The normalized spacial score (nSPS) is 18.3. The molecular formula is C23H21N3O3. The Morgan fingerprint density at radius 3 is 2.31 bits per heavy atom. The number of amides is 1. The van der Waals surface area contributed by atoms with Crippen LogP contribution in [0, 0.1) is 0 Å². The van der Waals surface area contributed by atoms with E-state index in [4.69, 9.17) is 9.47 Å². The van der Waals surface area contributed by atoms with Gasteiger partial charge in [-0.1, -0.05) is 36.4 Å². The smallest absolute Gasteiger partial charge is 0.316 e. The molecular weight excluding hydrogens is 366 g/mol. The molecule has 1 atom stereocenters. The van der Waals surface area contributed by atoms with E-state index >= 15 is 0 Å². The van der Waals surface area contributed by atoms with Gasteiger partial charge < -0.3 is 14.4 Å². The van der Waals surface area contributed by atoms with Crippen molar-refractivity contribution in [1.82, 2.24) is 14.9 Å². The van der Waals surface area contributed by atoms with Gasteiger partial charge in [0.25, 0.3) is 0 Å². The topological polar surface area (TPSA) is 64.5 Å². The molecule has 3 aromatic rings. The fourth-order valence-corrected chi connectivity index (χ4v) is 4.09.